The molecule has 0 radical (unpaired) electrons. The monoisotopic (exact) mass is 661 g/mol. The molecule has 2 aliphatic rings. The number of carboxylic acids is 1. The first kappa shape index (κ1) is 35.6. The van der Waals surface area contributed by atoms with Gasteiger partial charge in [0, 0.05) is 38.5 Å². The average molecular weight is 662 g/mol. The highest BCUT2D eigenvalue weighted by Crippen LogP contribution is 2.41. The van der Waals surface area contributed by atoms with Gasteiger partial charge in [0.25, 0.3) is 5.56 Å². The summed E-state index contributed by atoms with van der Waals surface area (Å²) in [6.45, 7) is 13.1. The lowest BCUT2D eigenvalue weighted by molar-refractivity contribution is -0.137. The Morgan fingerprint density at radius 2 is 1.67 bits per heavy atom. The van der Waals surface area contributed by atoms with E-state index in [1.807, 2.05) is 39.5 Å². The number of aryl methyl sites for hydroxylation is 4. The fourth-order valence-corrected chi connectivity index (χ4v) is 7.39. The van der Waals surface area contributed by atoms with Crippen LogP contribution in [0.4, 0.5) is 8.78 Å². The third-order valence-corrected chi connectivity index (χ3v) is 9.87. The number of aliphatic carboxylic acids is 1. The number of alkyl halides is 1. The zero-order valence-electron chi connectivity index (χ0n) is 29.1. The molecule has 9 heteroatoms. The van der Waals surface area contributed by atoms with Gasteiger partial charge >= 0.3 is 5.97 Å². The summed E-state index contributed by atoms with van der Waals surface area (Å²) in [5.74, 6) is -2.13. The molecule has 5 rings (SSSR count). The molecule has 0 bridgehead atoms. The largest absolute Gasteiger partial charge is 0.481 e. The molecule has 0 spiro atoms. The van der Waals surface area contributed by atoms with E-state index in [4.69, 9.17) is 5.10 Å². The lowest BCUT2D eigenvalue weighted by Crippen LogP contribution is -2.49. The van der Waals surface area contributed by atoms with Gasteiger partial charge in [0.1, 0.15) is 18.0 Å². The van der Waals surface area contributed by atoms with E-state index >= 15 is 4.39 Å². The first-order chi connectivity index (χ1) is 22.7. The second-order valence-corrected chi connectivity index (χ2v) is 14.6. The maximum atomic E-state index is 15.8. The molecule has 3 aromatic rings. The molecule has 1 aliphatic carbocycles. The van der Waals surface area contributed by atoms with Crippen LogP contribution in [0.25, 0.3) is 11.1 Å². The van der Waals surface area contributed by atoms with E-state index in [2.05, 4.69) is 12.1 Å². The van der Waals surface area contributed by atoms with Gasteiger partial charge in [-0.2, -0.15) is 5.10 Å². The van der Waals surface area contributed by atoms with Crippen molar-refractivity contribution in [1.29, 1.82) is 0 Å². The van der Waals surface area contributed by atoms with E-state index in [-0.39, 0.29) is 48.0 Å². The number of hydrogen-bond acceptors (Lipinski definition) is 5. The summed E-state index contributed by atoms with van der Waals surface area (Å²) in [5.41, 5.74) is 7.11. The molecule has 48 heavy (non-hydrogen) atoms. The normalized spacial score (nSPS) is 16.6. The maximum absolute atomic E-state index is 15.8. The Morgan fingerprint density at radius 1 is 1.00 bits per heavy atom. The minimum Gasteiger partial charge on any atom is -0.481 e. The highest BCUT2D eigenvalue weighted by atomic mass is 19.1. The van der Waals surface area contributed by atoms with Gasteiger partial charge in [-0.1, -0.05) is 31.5 Å². The van der Waals surface area contributed by atoms with E-state index in [1.54, 1.807) is 25.1 Å². The highest BCUT2D eigenvalue weighted by Gasteiger charge is 2.32. The van der Waals surface area contributed by atoms with Crippen molar-refractivity contribution in [2.75, 3.05) is 19.6 Å². The summed E-state index contributed by atoms with van der Waals surface area (Å²) < 4.78 is 30.6. The van der Waals surface area contributed by atoms with Gasteiger partial charge in [0.2, 0.25) is 0 Å². The Bertz CT molecular complexity index is 1720. The summed E-state index contributed by atoms with van der Waals surface area (Å²) in [4.78, 5) is 41.6. The van der Waals surface area contributed by atoms with Crippen molar-refractivity contribution >= 4 is 11.8 Å². The summed E-state index contributed by atoms with van der Waals surface area (Å²) in [7, 11) is 0. The van der Waals surface area contributed by atoms with Crippen molar-refractivity contribution in [1.82, 2.24) is 14.7 Å². The molecule has 2 fully saturated rings. The van der Waals surface area contributed by atoms with Crippen LogP contribution < -0.4 is 5.56 Å². The summed E-state index contributed by atoms with van der Waals surface area (Å²) in [6.07, 6.45) is 1.90. The van der Waals surface area contributed by atoms with Crippen LogP contribution in [0.1, 0.15) is 109 Å². The molecule has 2 aromatic carbocycles. The van der Waals surface area contributed by atoms with Crippen LogP contribution in [0.5, 0.6) is 0 Å². The number of carbonyl (C=O) groups is 2. The molecule has 258 valence electrons. The number of carbonyl (C=O) groups excluding carboxylic acids is 1. The molecule has 1 saturated carbocycles. The second kappa shape index (κ2) is 14.8. The quantitative estimate of drug-likeness (QED) is 0.181. The first-order valence-corrected chi connectivity index (χ1v) is 17.3. The zero-order valence-corrected chi connectivity index (χ0v) is 29.1. The first-order valence-electron chi connectivity index (χ1n) is 17.3. The molecule has 7 nitrogen and oxygen atoms in total. The van der Waals surface area contributed by atoms with Crippen LogP contribution in [0.2, 0.25) is 0 Å². The molecule has 1 aliphatic heterocycles. The van der Waals surface area contributed by atoms with Gasteiger partial charge in [-0.05, 0) is 122 Å². The molecule has 1 saturated heterocycles. The Hall–Kier alpha value is -3.72. The van der Waals surface area contributed by atoms with Crippen LogP contribution in [-0.2, 0) is 16.0 Å². The van der Waals surface area contributed by atoms with Crippen LogP contribution in [0, 0.1) is 39.4 Å². The van der Waals surface area contributed by atoms with Gasteiger partial charge in [-0.3, -0.25) is 19.3 Å². The van der Waals surface area contributed by atoms with E-state index in [9.17, 15) is 23.9 Å². The second-order valence-electron chi connectivity index (χ2n) is 14.6. The standard InChI is InChI=1S/C39H49F2N3O4/c1-22(2)13-34(44-36(46)19-31(27-7-8-27)33(42-44)11-12-43-20-30(40)21-43)35(45)10-9-28(18-37(47)48)32-17-29(16-26(6)39(32)41)38-24(4)14-23(3)15-25(38)5/h14-17,19,22,27-28,30,34H,7-13,18,20-21H2,1-6H3,(H,47,48)/t28-,34-/m0/s1. The van der Waals surface area contributed by atoms with Crippen LogP contribution in [0.15, 0.2) is 35.1 Å². The van der Waals surface area contributed by atoms with Gasteiger partial charge in [-0.15, -0.1) is 0 Å². The molecular formula is C39H49F2N3O4. The molecule has 1 N–H and O–H groups in total. The van der Waals surface area contributed by atoms with Crippen LogP contribution in [0.3, 0.4) is 0 Å². The molecule has 0 unspecified atom stereocenters. The van der Waals surface area contributed by atoms with Crippen LogP contribution >= 0.6 is 0 Å². The number of carboxylic acid groups (broad SMARTS) is 1. The Labute approximate surface area is 282 Å². The Balaban J connectivity index is 1.43. The highest BCUT2D eigenvalue weighted by molar-refractivity contribution is 5.82. The number of benzene rings is 2. The summed E-state index contributed by atoms with van der Waals surface area (Å²) in [6, 6.07) is 8.49. The number of Topliss-reactive ketones (excluding diaryl/α,β-unsaturated/α-hetero) is 1. The van der Waals surface area contributed by atoms with Crippen molar-refractivity contribution in [3.63, 3.8) is 0 Å². The lowest BCUT2D eigenvalue weighted by Gasteiger charge is -2.34. The molecule has 2 atom stereocenters. The van der Waals surface area contributed by atoms with Crippen molar-refractivity contribution in [3.8, 4) is 11.1 Å². The number of halogens is 2. The average Bonchev–Trinajstić information content (AvgIpc) is 3.82. The molecule has 0 amide bonds. The van der Waals surface area contributed by atoms with Crippen LogP contribution in [-0.4, -0.2) is 57.3 Å². The molecule has 2 heterocycles. The predicted molar refractivity (Wildman–Crippen MR) is 184 cm³/mol. The van der Waals surface area contributed by atoms with E-state index < -0.39 is 29.9 Å². The number of ketones is 1. The van der Waals surface area contributed by atoms with E-state index in [0.717, 1.165) is 51.9 Å². The third kappa shape index (κ3) is 8.28. The number of hydrogen-bond donors (Lipinski definition) is 1. The number of rotatable bonds is 15. The lowest BCUT2D eigenvalue weighted by atomic mass is 9.84. The number of nitrogens with zero attached hydrogens (tertiary/aromatic N) is 3. The fraction of sp³-hybridized carbons (Fsp3) is 0.538. The summed E-state index contributed by atoms with van der Waals surface area (Å²) >= 11 is 0. The smallest absolute Gasteiger partial charge is 0.303 e. The Morgan fingerprint density at radius 3 is 2.25 bits per heavy atom. The topological polar surface area (TPSA) is 92.5 Å². The van der Waals surface area contributed by atoms with E-state index in [1.165, 1.54) is 4.68 Å². The van der Waals surface area contributed by atoms with E-state index in [0.29, 0.717) is 38.0 Å². The maximum Gasteiger partial charge on any atom is 0.303 e. The van der Waals surface area contributed by atoms with Gasteiger partial charge in [0.05, 0.1) is 12.1 Å². The molecular weight excluding hydrogens is 612 g/mol. The number of aromatic nitrogens is 2. The van der Waals surface area contributed by atoms with Crippen molar-refractivity contribution in [3.05, 3.63) is 85.6 Å². The van der Waals surface area contributed by atoms with Gasteiger partial charge in [0.15, 0.2) is 5.78 Å². The molecule has 1 aromatic heterocycles. The zero-order chi connectivity index (χ0) is 34.9. The van der Waals surface area contributed by atoms with Crippen molar-refractivity contribution in [2.45, 2.75) is 111 Å². The minimum atomic E-state index is -1.07. The fourth-order valence-electron chi connectivity index (χ4n) is 7.39. The number of likely N-dealkylation sites (tertiary alicyclic amines) is 1. The van der Waals surface area contributed by atoms with Gasteiger partial charge in [-0.25, -0.2) is 13.5 Å². The Kier molecular flexibility index (Phi) is 11.0. The van der Waals surface area contributed by atoms with Gasteiger partial charge < -0.3 is 5.11 Å². The minimum absolute atomic E-state index is 0.0276. The third-order valence-electron chi connectivity index (χ3n) is 9.87. The SMILES string of the molecule is Cc1cc(C)c(-c2cc(C)c(F)c([C@@H](CCC(=O)[C@H](CC(C)C)n3nc(CCN4CC(F)C4)c(C4CC4)cc3=O)CC(=O)O)c2)c(C)c1. The summed E-state index contributed by atoms with van der Waals surface area (Å²) in [5, 5.41) is 14.7. The van der Waals surface area contributed by atoms with Crippen molar-refractivity contribution in [2.24, 2.45) is 5.92 Å². The van der Waals surface area contributed by atoms with Crippen molar-refractivity contribution < 1.29 is 23.5 Å². The predicted octanol–water partition coefficient (Wildman–Crippen LogP) is 7.55.